The predicted molar refractivity (Wildman–Crippen MR) is 235 cm³/mol. The molecule has 0 spiro atoms. The average molecular weight is 712 g/mol. The first-order valence-corrected chi connectivity index (χ1v) is 19.0. The molecule has 11 rings (SSSR count). The van der Waals surface area contributed by atoms with Gasteiger partial charge in [-0.05, 0) is 43.9 Å². The highest BCUT2D eigenvalue weighted by molar-refractivity contribution is 6.33. The van der Waals surface area contributed by atoms with Gasteiger partial charge in [-0.25, -0.2) is 15.0 Å². The van der Waals surface area contributed by atoms with Crippen molar-refractivity contribution in [3.05, 3.63) is 200 Å². The summed E-state index contributed by atoms with van der Waals surface area (Å²) < 4.78 is 0. The fourth-order valence-corrected chi connectivity index (χ4v) is 8.51. The maximum absolute atomic E-state index is 5.42. The first-order chi connectivity index (χ1) is 27.8. The summed E-state index contributed by atoms with van der Waals surface area (Å²) in [5, 5.41) is 10.8. The molecule has 0 aliphatic rings. The number of aromatic nitrogens is 3. The third-order valence-electron chi connectivity index (χ3n) is 11.1. The zero-order valence-electron chi connectivity index (χ0n) is 30.4. The molecule has 0 unspecified atom stereocenters. The lowest BCUT2D eigenvalue weighted by atomic mass is 9.89. The second-order valence-electron chi connectivity index (χ2n) is 14.3. The zero-order valence-corrected chi connectivity index (χ0v) is 30.4. The standard InChI is InChI=1S/C53H33N3/c1-3-17-36(18-4-1)50-47(51(37-19-5-2-6-20-37)56-53(55-50)44-28-15-21-34-16-7-8-22-39(34)44)35-30-32-38(33-31-35)52-49-43-26-12-10-24-41(43)40-23-9-11-25-42(40)48(49)45-27-13-14-29-46(45)54-52/h1-33H. The van der Waals surface area contributed by atoms with Crippen LogP contribution in [0.15, 0.2) is 200 Å². The van der Waals surface area contributed by atoms with Gasteiger partial charge in [0, 0.05) is 44.0 Å². The molecule has 0 atom stereocenters. The molecular formula is C53H33N3. The van der Waals surface area contributed by atoms with Gasteiger partial charge in [0.1, 0.15) is 0 Å². The maximum Gasteiger partial charge on any atom is 0.161 e. The lowest BCUT2D eigenvalue weighted by Crippen LogP contribution is -2.01. The second-order valence-corrected chi connectivity index (χ2v) is 14.3. The molecule has 0 N–H and O–H groups in total. The molecule has 11 aromatic rings. The van der Waals surface area contributed by atoms with E-state index in [0.717, 1.165) is 72.1 Å². The highest BCUT2D eigenvalue weighted by Crippen LogP contribution is 2.44. The summed E-state index contributed by atoms with van der Waals surface area (Å²) in [6.07, 6.45) is 0. The third kappa shape index (κ3) is 5.17. The van der Waals surface area contributed by atoms with Gasteiger partial charge in [-0.3, -0.25) is 0 Å². The Morgan fingerprint density at radius 2 is 0.732 bits per heavy atom. The molecule has 56 heavy (non-hydrogen) atoms. The van der Waals surface area contributed by atoms with E-state index in [1.165, 1.54) is 32.3 Å². The van der Waals surface area contributed by atoms with Crippen LogP contribution in [0.2, 0.25) is 0 Å². The number of hydrogen-bond acceptors (Lipinski definition) is 3. The Balaban J connectivity index is 1.18. The van der Waals surface area contributed by atoms with Crippen LogP contribution in [-0.4, -0.2) is 15.0 Å². The van der Waals surface area contributed by atoms with Gasteiger partial charge in [0.2, 0.25) is 0 Å². The van der Waals surface area contributed by atoms with Gasteiger partial charge in [0.05, 0.1) is 22.6 Å². The molecule has 0 aliphatic carbocycles. The summed E-state index contributed by atoms with van der Waals surface area (Å²) in [5.41, 5.74) is 9.90. The van der Waals surface area contributed by atoms with E-state index in [2.05, 4.69) is 200 Å². The molecule has 9 aromatic carbocycles. The molecular weight excluding hydrogens is 679 g/mol. The van der Waals surface area contributed by atoms with E-state index in [4.69, 9.17) is 15.0 Å². The summed E-state index contributed by atoms with van der Waals surface area (Å²) in [7, 11) is 0. The largest absolute Gasteiger partial charge is 0.247 e. The van der Waals surface area contributed by atoms with Gasteiger partial charge in [0.15, 0.2) is 5.82 Å². The van der Waals surface area contributed by atoms with Crippen LogP contribution in [0.4, 0.5) is 0 Å². The first kappa shape index (κ1) is 32.0. The van der Waals surface area contributed by atoms with Crippen molar-refractivity contribution in [3.8, 4) is 56.3 Å². The SMILES string of the molecule is c1ccc(-c2nc(-c3cccc4ccccc34)nc(-c3ccccc3)c2-c2ccc(-c3nc4ccccc4c4c5ccccc5c5ccccc5c34)cc2)cc1. The van der Waals surface area contributed by atoms with Crippen LogP contribution >= 0.6 is 0 Å². The molecule has 0 bridgehead atoms. The van der Waals surface area contributed by atoms with E-state index in [-0.39, 0.29) is 0 Å². The van der Waals surface area contributed by atoms with Crippen molar-refractivity contribution in [2.24, 2.45) is 0 Å². The summed E-state index contributed by atoms with van der Waals surface area (Å²) >= 11 is 0. The Hall–Kier alpha value is -7.49. The minimum Gasteiger partial charge on any atom is -0.247 e. The number of para-hydroxylation sites is 1. The summed E-state index contributed by atoms with van der Waals surface area (Å²) in [6, 6.07) is 70.7. The first-order valence-electron chi connectivity index (χ1n) is 19.0. The van der Waals surface area contributed by atoms with Gasteiger partial charge < -0.3 is 0 Å². The van der Waals surface area contributed by atoms with Crippen LogP contribution in [0.1, 0.15) is 0 Å². The average Bonchev–Trinajstić information content (AvgIpc) is 3.28. The number of fused-ring (bicyclic) bond motifs is 9. The molecule has 3 heteroatoms. The van der Waals surface area contributed by atoms with E-state index in [1.54, 1.807) is 0 Å². The normalized spacial score (nSPS) is 11.6. The zero-order chi connectivity index (χ0) is 37.0. The van der Waals surface area contributed by atoms with Crippen molar-refractivity contribution in [3.63, 3.8) is 0 Å². The van der Waals surface area contributed by atoms with E-state index < -0.39 is 0 Å². The van der Waals surface area contributed by atoms with Crippen molar-refractivity contribution in [1.82, 2.24) is 15.0 Å². The fourth-order valence-electron chi connectivity index (χ4n) is 8.51. The lowest BCUT2D eigenvalue weighted by molar-refractivity contribution is 1.19. The lowest BCUT2D eigenvalue weighted by Gasteiger charge is -2.18. The number of benzene rings is 9. The van der Waals surface area contributed by atoms with Gasteiger partial charge in [-0.2, -0.15) is 0 Å². The van der Waals surface area contributed by atoms with Crippen LogP contribution < -0.4 is 0 Å². The van der Waals surface area contributed by atoms with Gasteiger partial charge in [-0.15, -0.1) is 0 Å². The van der Waals surface area contributed by atoms with Crippen molar-refractivity contribution in [2.75, 3.05) is 0 Å². The highest BCUT2D eigenvalue weighted by Gasteiger charge is 2.22. The van der Waals surface area contributed by atoms with E-state index in [1.807, 2.05) is 0 Å². The number of hydrogen-bond donors (Lipinski definition) is 0. The minimum absolute atomic E-state index is 0.700. The summed E-state index contributed by atoms with van der Waals surface area (Å²) in [5.74, 6) is 0.700. The van der Waals surface area contributed by atoms with E-state index >= 15 is 0 Å². The maximum atomic E-state index is 5.42. The molecule has 2 aromatic heterocycles. The molecule has 0 saturated heterocycles. The van der Waals surface area contributed by atoms with E-state index in [9.17, 15) is 0 Å². The Labute approximate surface area is 324 Å². The molecule has 260 valence electrons. The van der Waals surface area contributed by atoms with Crippen LogP contribution in [0.5, 0.6) is 0 Å². The van der Waals surface area contributed by atoms with Crippen LogP contribution in [0, 0.1) is 0 Å². The van der Waals surface area contributed by atoms with Crippen molar-refractivity contribution >= 4 is 54.0 Å². The molecule has 0 aliphatic heterocycles. The van der Waals surface area contributed by atoms with Crippen LogP contribution in [0.25, 0.3) is 110 Å². The number of rotatable bonds is 5. The smallest absolute Gasteiger partial charge is 0.161 e. The molecule has 3 nitrogen and oxygen atoms in total. The van der Waals surface area contributed by atoms with E-state index in [0.29, 0.717) is 5.82 Å². The minimum atomic E-state index is 0.700. The van der Waals surface area contributed by atoms with Crippen molar-refractivity contribution < 1.29 is 0 Å². The number of nitrogens with zero attached hydrogens (tertiary/aromatic N) is 3. The second kappa shape index (κ2) is 13.1. The van der Waals surface area contributed by atoms with Gasteiger partial charge in [-0.1, -0.05) is 194 Å². The molecule has 0 amide bonds. The molecule has 2 heterocycles. The monoisotopic (exact) mass is 711 g/mol. The third-order valence-corrected chi connectivity index (χ3v) is 11.1. The topological polar surface area (TPSA) is 38.7 Å². The fraction of sp³-hybridized carbons (Fsp3) is 0. The Bertz CT molecular complexity index is 3220. The Kier molecular flexibility index (Phi) is 7.49. The highest BCUT2D eigenvalue weighted by atomic mass is 14.9. The Morgan fingerprint density at radius 1 is 0.268 bits per heavy atom. The molecule has 0 fully saturated rings. The molecule has 0 radical (unpaired) electrons. The van der Waals surface area contributed by atoms with Crippen molar-refractivity contribution in [2.45, 2.75) is 0 Å². The quantitative estimate of drug-likeness (QED) is 0.167. The van der Waals surface area contributed by atoms with Gasteiger partial charge >= 0.3 is 0 Å². The molecule has 0 saturated carbocycles. The van der Waals surface area contributed by atoms with Crippen molar-refractivity contribution in [1.29, 1.82) is 0 Å². The van der Waals surface area contributed by atoms with Crippen LogP contribution in [0.3, 0.4) is 0 Å². The Morgan fingerprint density at radius 3 is 1.38 bits per heavy atom. The number of pyridine rings is 1. The summed E-state index contributed by atoms with van der Waals surface area (Å²) in [4.78, 5) is 16.3. The van der Waals surface area contributed by atoms with Gasteiger partial charge in [0.25, 0.3) is 0 Å². The van der Waals surface area contributed by atoms with Crippen LogP contribution in [-0.2, 0) is 0 Å². The summed E-state index contributed by atoms with van der Waals surface area (Å²) in [6.45, 7) is 0. The predicted octanol–water partition coefficient (Wildman–Crippen LogP) is 14.0.